The van der Waals surface area contributed by atoms with Crippen LogP contribution in [0.15, 0.2) is 21.1 Å². The number of rotatable bonds is 6. The summed E-state index contributed by atoms with van der Waals surface area (Å²) in [6.07, 6.45) is 5.28. The van der Waals surface area contributed by atoms with E-state index in [1.807, 2.05) is 0 Å². The van der Waals surface area contributed by atoms with E-state index >= 15 is 0 Å². The summed E-state index contributed by atoms with van der Waals surface area (Å²) < 4.78 is 2.44. The molecule has 1 atom stereocenters. The van der Waals surface area contributed by atoms with Crippen molar-refractivity contribution in [3.63, 3.8) is 0 Å². The summed E-state index contributed by atoms with van der Waals surface area (Å²) in [5, 5.41) is 3.69. The fourth-order valence-electron chi connectivity index (χ4n) is 2.25. The minimum absolute atomic E-state index is 0.490. The Morgan fingerprint density at radius 2 is 2.00 bits per heavy atom. The molecule has 0 amide bonds. The van der Waals surface area contributed by atoms with Crippen LogP contribution in [0.25, 0.3) is 0 Å². The average molecular weight is 375 g/mol. The van der Waals surface area contributed by atoms with Crippen LogP contribution < -0.4 is 5.32 Å². The first-order chi connectivity index (χ1) is 8.61. The molecule has 1 saturated carbocycles. The van der Waals surface area contributed by atoms with Crippen molar-refractivity contribution in [1.29, 1.82) is 0 Å². The molecule has 1 nitrogen and oxygen atoms in total. The lowest BCUT2D eigenvalue weighted by molar-refractivity contribution is 0.472. The largest absolute Gasteiger partial charge is 0.310 e. The molecule has 1 aromatic rings. The lowest BCUT2D eigenvalue weighted by atomic mass is 10.00. The van der Waals surface area contributed by atoms with Crippen molar-refractivity contribution in [2.75, 3.05) is 6.54 Å². The maximum Gasteiger partial charge on any atom is 0.0334 e. The first-order valence-corrected chi connectivity index (χ1v) is 8.39. The fourth-order valence-corrected chi connectivity index (χ4v) is 3.35. The molecule has 0 heterocycles. The van der Waals surface area contributed by atoms with Crippen molar-refractivity contribution in [3.8, 4) is 0 Å². The summed E-state index contributed by atoms with van der Waals surface area (Å²) in [4.78, 5) is 0. The molecule has 0 saturated heterocycles. The lowest BCUT2D eigenvalue weighted by Gasteiger charge is -2.21. The van der Waals surface area contributed by atoms with Crippen LogP contribution in [0, 0.1) is 12.8 Å². The third kappa shape index (κ3) is 3.82. The third-order valence-electron chi connectivity index (χ3n) is 3.56. The van der Waals surface area contributed by atoms with Gasteiger partial charge in [0.2, 0.25) is 0 Å². The maximum absolute atomic E-state index is 3.72. The zero-order valence-electron chi connectivity index (χ0n) is 11.1. The molecule has 3 heteroatoms. The van der Waals surface area contributed by atoms with Crippen LogP contribution in [0.5, 0.6) is 0 Å². The highest BCUT2D eigenvalue weighted by Crippen LogP contribution is 2.40. The molecule has 1 unspecified atom stereocenters. The molecule has 1 fully saturated rings. The fraction of sp³-hybridized carbons (Fsp3) is 0.600. The maximum atomic E-state index is 3.72. The molecule has 0 aromatic heterocycles. The molecular formula is C15H21Br2N. The van der Waals surface area contributed by atoms with Gasteiger partial charge < -0.3 is 5.32 Å². The van der Waals surface area contributed by atoms with Crippen LogP contribution in [0.1, 0.15) is 49.8 Å². The van der Waals surface area contributed by atoms with Crippen LogP contribution in [0.4, 0.5) is 0 Å². The highest BCUT2D eigenvalue weighted by atomic mass is 79.9. The van der Waals surface area contributed by atoms with E-state index in [0.717, 1.165) is 12.5 Å². The van der Waals surface area contributed by atoms with Crippen molar-refractivity contribution in [3.05, 3.63) is 32.2 Å². The molecule has 0 spiro atoms. The molecule has 1 aliphatic carbocycles. The Labute approximate surface area is 127 Å². The molecule has 1 N–H and O–H groups in total. The minimum Gasteiger partial charge on any atom is -0.310 e. The first kappa shape index (κ1) is 14.5. The van der Waals surface area contributed by atoms with Crippen molar-refractivity contribution < 1.29 is 0 Å². The van der Waals surface area contributed by atoms with Gasteiger partial charge in [-0.25, -0.2) is 0 Å². The van der Waals surface area contributed by atoms with E-state index in [1.165, 1.54) is 45.8 Å². The van der Waals surface area contributed by atoms with Gasteiger partial charge >= 0.3 is 0 Å². The van der Waals surface area contributed by atoms with E-state index in [9.17, 15) is 0 Å². The van der Waals surface area contributed by atoms with Gasteiger partial charge in [0.05, 0.1) is 0 Å². The van der Waals surface area contributed by atoms with Crippen molar-refractivity contribution >= 4 is 31.9 Å². The van der Waals surface area contributed by atoms with Crippen LogP contribution >= 0.6 is 31.9 Å². The Morgan fingerprint density at radius 3 is 2.61 bits per heavy atom. The number of benzene rings is 1. The van der Waals surface area contributed by atoms with E-state index in [-0.39, 0.29) is 0 Å². The van der Waals surface area contributed by atoms with Gasteiger partial charge in [-0.15, -0.1) is 0 Å². The second kappa shape index (κ2) is 6.53. The standard InChI is InChI=1S/C15H21Br2N/c1-3-6-18-15(8-11-4-5-11)12-9-13(16)10(2)7-14(12)17/h7,9,11,15,18H,3-6,8H2,1-2H3. The molecule has 0 bridgehead atoms. The van der Waals surface area contributed by atoms with Gasteiger partial charge in [-0.05, 0) is 55.5 Å². The smallest absolute Gasteiger partial charge is 0.0334 e. The zero-order chi connectivity index (χ0) is 13.1. The highest BCUT2D eigenvalue weighted by Gasteiger charge is 2.27. The van der Waals surface area contributed by atoms with Crippen molar-refractivity contribution in [1.82, 2.24) is 5.32 Å². The Bertz CT molecular complexity index is 413. The summed E-state index contributed by atoms with van der Waals surface area (Å²) >= 11 is 7.37. The van der Waals surface area contributed by atoms with E-state index in [0.29, 0.717) is 6.04 Å². The van der Waals surface area contributed by atoms with Crippen molar-refractivity contribution in [2.24, 2.45) is 5.92 Å². The summed E-state index contributed by atoms with van der Waals surface area (Å²) in [5.74, 6) is 0.936. The molecule has 1 aromatic carbocycles. The predicted molar refractivity (Wildman–Crippen MR) is 85.0 cm³/mol. The van der Waals surface area contributed by atoms with Crippen LogP contribution in [-0.4, -0.2) is 6.54 Å². The van der Waals surface area contributed by atoms with Gasteiger partial charge in [0.25, 0.3) is 0 Å². The van der Waals surface area contributed by atoms with Gasteiger partial charge in [0.15, 0.2) is 0 Å². The average Bonchev–Trinajstić information content (AvgIpc) is 3.13. The number of aryl methyl sites for hydroxylation is 1. The van der Waals surface area contributed by atoms with Crippen LogP contribution in [0.2, 0.25) is 0 Å². The summed E-state index contributed by atoms with van der Waals surface area (Å²) in [7, 11) is 0. The number of halogens is 2. The molecule has 0 radical (unpaired) electrons. The second-order valence-corrected chi connectivity index (χ2v) is 7.02. The number of nitrogens with one attached hydrogen (secondary N) is 1. The Kier molecular flexibility index (Phi) is 5.28. The zero-order valence-corrected chi connectivity index (χ0v) is 14.3. The highest BCUT2D eigenvalue weighted by molar-refractivity contribution is 9.11. The van der Waals surface area contributed by atoms with E-state index in [1.54, 1.807) is 0 Å². The van der Waals surface area contributed by atoms with Crippen molar-refractivity contribution in [2.45, 2.75) is 45.6 Å². The molecule has 1 aliphatic rings. The first-order valence-electron chi connectivity index (χ1n) is 6.80. The van der Waals surface area contributed by atoms with Gasteiger partial charge in [-0.2, -0.15) is 0 Å². The molecule has 18 heavy (non-hydrogen) atoms. The third-order valence-corrected chi connectivity index (χ3v) is 5.10. The Hall–Kier alpha value is 0.140. The molecule has 100 valence electrons. The van der Waals surface area contributed by atoms with Crippen LogP contribution in [-0.2, 0) is 0 Å². The summed E-state index contributed by atoms with van der Waals surface area (Å²) in [5.41, 5.74) is 2.68. The molecular weight excluding hydrogens is 354 g/mol. The van der Waals surface area contributed by atoms with Gasteiger partial charge in [0, 0.05) is 15.0 Å². The van der Waals surface area contributed by atoms with Gasteiger partial charge in [0.1, 0.15) is 0 Å². The predicted octanol–water partition coefficient (Wildman–Crippen LogP) is 5.36. The van der Waals surface area contributed by atoms with E-state index in [4.69, 9.17) is 0 Å². The number of hydrogen-bond acceptors (Lipinski definition) is 1. The second-order valence-electron chi connectivity index (χ2n) is 5.31. The SMILES string of the molecule is CCCNC(CC1CC1)c1cc(Br)c(C)cc1Br. The minimum atomic E-state index is 0.490. The Balaban J connectivity index is 2.19. The normalized spacial score (nSPS) is 16.9. The number of hydrogen-bond donors (Lipinski definition) is 1. The quantitative estimate of drug-likeness (QED) is 0.706. The summed E-state index contributed by atoms with van der Waals surface area (Å²) in [6, 6.07) is 4.98. The van der Waals surface area contributed by atoms with Gasteiger partial charge in [-0.1, -0.05) is 51.6 Å². The summed E-state index contributed by atoms with van der Waals surface area (Å²) in [6.45, 7) is 5.45. The van der Waals surface area contributed by atoms with E-state index < -0.39 is 0 Å². The topological polar surface area (TPSA) is 12.0 Å². The molecule has 2 rings (SSSR count). The monoisotopic (exact) mass is 373 g/mol. The Morgan fingerprint density at radius 1 is 1.28 bits per heavy atom. The lowest BCUT2D eigenvalue weighted by Crippen LogP contribution is -2.23. The van der Waals surface area contributed by atoms with Crippen LogP contribution in [0.3, 0.4) is 0 Å². The van der Waals surface area contributed by atoms with E-state index in [2.05, 4.69) is 63.2 Å². The molecule has 0 aliphatic heterocycles. The van der Waals surface area contributed by atoms with Gasteiger partial charge in [-0.3, -0.25) is 0 Å².